The van der Waals surface area contributed by atoms with Gasteiger partial charge in [-0.05, 0) is 50.6 Å². The third-order valence-corrected chi connectivity index (χ3v) is 5.61. The van der Waals surface area contributed by atoms with Crippen LogP contribution in [0.25, 0.3) is 32.3 Å². The topological polar surface area (TPSA) is 24.1 Å². The van der Waals surface area contributed by atoms with Crippen LogP contribution in [0.2, 0.25) is 0 Å². The van der Waals surface area contributed by atoms with Crippen molar-refractivity contribution >= 4 is 56.1 Å². The molecule has 0 fully saturated rings. The quantitative estimate of drug-likeness (QED) is 0.315. The fraction of sp³-hybridized carbons (Fsp3) is 0. The molecule has 1 aliphatic heterocycles. The number of benzene rings is 5. The van der Waals surface area contributed by atoms with Crippen molar-refractivity contribution in [1.82, 2.24) is 0 Å². The van der Waals surface area contributed by atoms with E-state index in [-0.39, 0.29) is 6.98 Å². The molecule has 5 aromatic rings. The second-order valence-electron chi connectivity index (χ2n) is 7.16. The Bertz CT molecular complexity index is 1250. The highest BCUT2D eigenvalue weighted by Crippen LogP contribution is 2.34. The van der Waals surface area contributed by atoms with Crippen molar-refractivity contribution in [3.05, 3.63) is 91.0 Å². The summed E-state index contributed by atoms with van der Waals surface area (Å²) in [5, 5.41) is 15.1. The summed E-state index contributed by atoms with van der Waals surface area (Å²) in [6.07, 6.45) is 0. The average molecular weight is 344 g/mol. The number of nitrogens with one attached hydrogen (secondary N) is 2. The van der Waals surface area contributed by atoms with Gasteiger partial charge in [0.25, 0.3) is 0 Å². The maximum atomic E-state index is 3.75. The molecule has 0 radical (unpaired) electrons. The molecule has 0 saturated heterocycles. The van der Waals surface area contributed by atoms with Gasteiger partial charge in [-0.3, -0.25) is 0 Å². The molecule has 2 nitrogen and oxygen atoms in total. The Hall–Kier alpha value is -3.46. The molecule has 0 spiro atoms. The van der Waals surface area contributed by atoms with Gasteiger partial charge in [-0.25, -0.2) is 0 Å². The van der Waals surface area contributed by atoms with Crippen LogP contribution < -0.4 is 15.9 Å². The minimum absolute atomic E-state index is 0.0153. The standard InChI is InChI=1S/C24H17BN2/c1-3-11-19-17(7-1)15-18-8-2-4-12-20(18)24(19)25-26-21-13-5-9-16-10-6-14-22(27-25)23(16)21/h1-15,26-27H. The average Bonchev–Trinajstić information content (AvgIpc) is 2.72. The minimum atomic E-state index is 0.0153. The monoisotopic (exact) mass is 344 g/mol. The summed E-state index contributed by atoms with van der Waals surface area (Å²) in [5.74, 6) is 0. The molecule has 1 aliphatic rings. The normalized spacial score (nSPS) is 13.0. The van der Waals surface area contributed by atoms with Gasteiger partial charge in [0.1, 0.15) is 0 Å². The van der Waals surface area contributed by atoms with E-state index in [0.29, 0.717) is 0 Å². The van der Waals surface area contributed by atoms with E-state index in [2.05, 4.69) is 101 Å². The van der Waals surface area contributed by atoms with Crippen LogP contribution in [0.15, 0.2) is 91.0 Å². The summed E-state index contributed by atoms with van der Waals surface area (Å²) in [4.78, 5) is 0. The third-order valence-electron chi connectivity index (χ3n) is 5.61. The molecule has 6 rings (SSSR count). The fourth-order valence-electron chi connectivity index (χ4n) is 4.43. The van der Waals surface area contributed by atoms with Crippen molar-refractivity contribution in [3.8, 4) is 0 Å². The lowest BCUT2D eigenvalue weighted by Gasteiger charge is -2.28. The van der Waals surface area contributed by atoms with E-state index in [4.69, 9.17) is 0 Å². The maximum Gasteiger partial charge on any atom is 0.407 e. The van der Waals surface area contributed by atoms with Crippen LogP contribution >= 0.6 is 0 Å². The largest absolute Gasteiger partial charge is 0.407 e. The van der Waals surface area contributed by atoms with Gasteiger partial charge in [0.2, 0.25) is 0 Å². The van der Waals surface area contributed by atoms with Crippen LogP contribution in [0.3, 0.4) is 0 Å². The summed E-state index contributed by atoms with van der Waals surface area (Å²) in [5.41, 5.74) is 3.67. The second kappa shape index (κ2) is 5.52. The highest BCUT2D eigenvalue weighted by atomic mass is 15.0. The Morgan fingerprint density at radius 3 is 1.63 bits per heavy atom. The smallest absolute Gasteiger partial charge is 0.405 e. The number of anilines is 2. The van der Waals surface area contributed by atoms with Crippen LogP contribution in [-0.2, 0) is 0 Å². The van der Waals surface area contributed by atoms with E-state index in [1.54, 1.807) is 0 Å². The molecule has 5 aromatic carbocycles. The molecule has 0 atom stereocenters. The molecule has 3 heteroatoms. The Morgan fingerprint density at radius 1 is 0.519 bits per heavy atom. The van der Waals surface area contributed by atoms with Crippen molar-refractivity contribution in [2.75, 3.05) is 10.5 Å². The first kappa shape index (κ1) is 14.7. The van der Waals surface area contributed by atoms with Crippen molar-refractivity contribution in [3.63, 3.8) is 0 Å². The molecular weight excluding hydrogens is 327 g/mol. The van der Waals surface area contributed by atoms with Gasteiger partial charge in [-0.15, -0.1) is 0 Å². The van der Waals surface area contributed by atoms with Gasteiger partial charge in [0.15, 0.2) is 0 Å². The predicted molar refractivity (Wildman–Crippen MR) is 118 cm³/mol. The van der Waals surface area contributed by atoms with Crippen molar-refractivity contribution in [2.24, 2.45) is 0 Å². The highest BCUT2D eigenvalue weighted by Gasteiger charge is 2.28. The molecule has 0 unspecified atom stereocenters. The van der Waals surface area contributed by atoms with Crippen molar-refractivity contribution in [1.29, 1.82) is 0 Å². The Labute approximate surface area is 157 Å². The second-order valence-corrected chi connectivity index (χ2v) is 7.16. The molecule has 0 bridgehead atoms. The molecule has 0 amide bonds. The Morgan fingerprint density at radius 2 is 1.04 bits per heavy atom. The molecule has 0 aliphatic carbocycles. The van der Waals surface area contributed by atoms with Gasteiger partial charge in [-0.1, -0.05) is 72.8 Å². The first-order chi connectivity index (χ1) is 13.4. The minimum Gasteiger partial charge on any atom is -0.405 e. The molecule has 1 heterocycles. The number of rotatable bonds is 1. The number of hydrogen-bond donors (Lipinski definition) is 2. The van der Waals surface area contributed by atoms with Gasteiger partial charge in [-0.2, -0.15) is 0 Å². The van der Waals surface area contributed by atoms with E-state index in [9.17, 15) is 0 Å². The van der Waals surface area contributed by atoms with E-state index < -0.39 is 0 Å². The zero-order valence-electron chi connectivity index (χ0n) is 14.7. The number of fused-ring (bicyclic) bond motifs is 2. The van der Waals surface area contributed by atoms with E-state index >= 15 is 0 Å². The van der Waals surface area contributed by atoms with Gasteiger partial charge in [0.05, 0.1) is 0 Å². The fourth-order valence-corrected chi connectivity index (χ4v) is 4.43. The van der Waals surface area contributed by atoms with Gasteiger partial charge < -0.3 is 10.5 Å². The van der Waals surface area contributed by atoms with E-state index in [1.165, 1.54) is 49.2 Å². The van der Waals surface area contributed by atoms with Crippen molar-refractivity contribution in [2.45, 2.75) is 0 Å². The number of hydrogen-bond acceptors (Lipinski definition) is 2. The molecule has 27 heavy (non-hydrogen) atoms. The summed E-state index contributed by atoms with van der Waals surface area (Å²) in [7, 11) is 0. The predicted octanol–water partition coefficient (Wildman–Crippen LogP) is 5.38. The zero-order chi connectivity index (χ0) is 17.8. The van der Waals surface area contributed by atoms with Crippen LogP contribution in [-0.4, -0.2) is 6.98 Å². The van der Waals surface area contributed by atoms with Crippen LogP contribution in [0.5, 0.6) is 0 Å². The molecule has 2 N–H and O–H groups in total. The maximum absolute atomic E-state index is 3.75. The van der Waals surface area contributed by atoms with Crippen LogP contribution in [0, 0.1) is 0 Å². The van der Waals surface area contributed by atoms with Crippen LogP contribution in [0.1, 0.15) is 0 Å². The summed E-state index contributed by atoms with van der Waals surface area (Å²) in [6.45, 7) is 0.0153. The van der Waals surface area contributed by atoms with E-state index in [1.807, 2.05) is 0 Å². The Balaban J connectivity index is 1.64. The Kier molecular flexibility index (Phi) is 3.00. The third kappa shape index (κ3) is 2.15. The van der Waals surface area contributed by atoms with Crippen molar-refractivity contribution < 1.29 is 0 Å². The summed E-state index contributed by atoms with van der Waals surface area (Å²) in [6, 6.07) is 32.5. The lowest BCUT2D eigenvalue weighted by Crippen LogP contribution is -2.48. The van der Waals surface area contributed by atoms with Gasteiger partial charge >= 0.3 is 6.98 Å². The summed E-state index contributed by atoms with van der Waals surface area (Å²) < 4.78 is 0. The lowest BCUT2D eigenvalue weighted by molar-refractivity contribution is 1.61. The van der Waals surface area contributed by atoms with E-state index in [0.717, 1.165) is 0 Å². The van der Waals surface area contributed by atoms with Gasteiger partial charge in [0, 0.05) is 16.8 Å². The lowest BCUT2D eigenvalue weighted by atomic mass is 9.62. The zero-order valence-corrected chi connectivity index (χ0v) is 14.7. The summed E-state index contributed by atoms with van der Waals surface area (Å²) >= 11 is 0. The molecule has 0 aromatic heterocycles. The molecular formula is C24H17BN2. The molecule has 0 saturated carbocycles. The van der Waals surface area contributed by atoms with Crippen LogP contribution in [0.4, 0.5) is 11.4 Å². The molecule has 126 valence electrons. The SMILES string of the molecule is c1ccc2c(B3Nc4cccc5cccc(c45)N3)c3ccccc3cc2c1. The first-order valence-electron chi connectivity index (χ1n) is 9.34. The highest BCUT2D eigenvalue weighted by molar-refractivity contribution is 6.84. The first-order valence-corrected chi connectivity index (χ1v) is 9.34.